The third-order valence-electron chi connectivity index (χ3n) is 6.26. The number of aromatic hydroxyl groups is 1. The summed E-state index contributed by atoms with van der Waals surface area (Å²) in [5, 5.41) is 18.1. The zero-order chi connectivity index (χ0) is 23.1. The van der Waals surface area contributed by atoms with Crippen LogP contribution in [0.5, 0.6) is 11.5 Å². The summed E-state index contributed by atoms with van der Waals surface area (Å²) in [6, 6.07) is 18.8. The molecule has 0 saturated carbocycles. The third-order valence-corrected chi connectivity index (χ3v) is 7.12. The summed E-state index contributed by atoms with van der Waals surface area (Å²) in [5.74, 6) is 0.0393. The number of rotatable bonds is 3. The van der Waals surface area contributed by atoms with E-state index in [0.29, 0.717) is 21.7 Å². The summed E-state index contributed by atoms with van der Waals surface area (Å²) < 4.78 is 5.88. The molecule has 0 unspecified atom stereocenters. The van der Waals surface area contributed by atoms with Gasteiger partial charge in [0.05, 0.1) is 34.9 Å². The number of hydrogen-bond acceptors (Lipinski definition) is 5. The van der Waals surface area contributed by atoms with E-state index in [1.54, 1.807) is 6.07 Å². The van der Waals surface area contributed by atoms with Crippen molar-refractivity contribution in [2.24, 2.45) is 5.92 Å². The number of hydrogen-bond donors (Lipinski definition) is 3. The zero-order valence-electron chi connectivity index (χ0n) is 17.8. The van der Waals surface area contributed by atoms with Gasteiger partial charge in [-0.05, 0) is 63.5 Å². The highest BCUT2D eigenvalue weighted by Gasteiger charge is 2.40. The van der Waals surface area contributed by atoms with E-state index in [9.17, 15) is 9.90 Å². The number of ether oxygens (including phenoxy) is 1. The van der Waals surface area contributed by atoms with Crippen molar-refractivity contribution in [2.75, 3.05) is 17.7 Å². The highest BCUT2D eigenvalue weighted by molar-refractivity contribution is 9.10. The molecule has 0 aromatic heterocycles. The predicted molar refractivity (Wildman–Crippen MR) is 134 cm³/mol. The standard InChI is InChI=1S/C26H22BrClN2O3/c1-33-23-13-16(10-18(27)26(23)32)25-24-21(29-19-4-2-3-5-20(19)30-25)11-15(12-22(24)31)14-6-8-17(28)9-7-14/h2-11,13,15,24-25,29-30,32H,12H2,1H3/t15-,24+,25+/m1/s1. The first-order valence-corrected chi connectivity index (χ1v) is 11.8. The Bertz CT molecular complexity index is 1260. The Hall–Kier alpha value is -2.96. The van der Waals surface area contributed by atoms with Crippen molar-refractivity contribution in [1.29, 1.82) is 0 Å². The maximum atomic E-state index is 13.6. The van der Waals surface area contributed by atoms with Crippen LogP contribution >= 0.6 is 27.5 Å². The largest absolute Gasteiger partial charge is 0.503 e. The third kappa shape index (κ3) is 4.09. The summed E-state index contributed by atoms with van der Waals surface area (Å²) >= 11 is 9.49. The van der Waals surface area contributed by atoms with Crippen LogP contribution in [0.2, 0.25) is 5.02 Å². The number of methoxy groups -OCH3 is 1. The Morgan fingerprint density at radius 1 is 1.06 bits per heavy atom. The predicted octanol–water partition coefficient (Wildman–Crippen LogP) is 6.65. The minimum atomic E-state index is -0.429. The minimum absolute atomic E-state index is 0.0296. The van der Waals surface area contributed by atoms with Crippen LogP contribution in [0.1, 0.15) is 29.5 Å². The molecule has 5 nitrogen and oxygen atoms in total. The number of fused-ring (bicyclic) bond motifs is 2. The van der Waals surface area contributed by atoms with E-state index in [4.69, 9.17) is 16.3 Å². The quantitative estimate of drug-likeness (QED) is 0.357. The first-order chi connectivity index (χ1) is 15.9. The van der Waals surface area contributed by atoms with Crippen LogP contribution < -0.4 is 15.4 Å². The number of anilines is 2. The van der Waals surface area contributed by atoms with Crippen molar-refractivity contribution in [1.82, 2.24) is 0 Å². The zero-order valence-corrected chi connectivity index (χ0v) is 20.2. The average Bonchev–Trinajstić information content (AvgIpc) is 2.98. The second-order valence-corrected chi connectivity index (χ2v) is 9.57. The molecule has 33 heavy (non-hydrogen) atoms. The molecule has 168 valence electrons. The van der Waals surface area contributed by atoms with Gasteiger partial charge in [-0.2, -0.15) is 0 Å². The Morgan fingerprint density at radius 2 is 1.79 bits per heavy atom. The van der Waals surface area contributed by atoms with E-state index in [-0.39, 0.29) is 23.5 Å². The minimum Gasteiger partial charge on any atom is -0.503 e. The highest BCUT2D eigenvalue weighted by Crippen LogP contribution is 2.46. The highest BCUT2D eigenvalue weighted by atomic mass is 79.9. The van der Waals surface area contributed by atoms with Gasteiger partial charge in [-0.1, -0.05) is 41.9 Å². The molecule has 3 atom stereocenters. The van der Waals surface area contributed by atoms with Crippen LogP contribution in [0, 0.1) is 5.92 Å². The Kier molecular flexibility index (Phi) is 5.81. The number of carbonyl (C=O) groups excluding carboxylic acids is 1. The fourth-order valence-corrected chi connectivity index (χ4v) is 5.22. The van der Waals surface area contributed by atoms with Gasteiger partial charge in [-0.15, -0.1) is 0 Å². The van der Waals surface area contributed by atoms with Gasteiger partial charge in [0.25, 0.3) is 0 Å². The van der Waals surface area contributed by atoms with Crippen molar-refractivity contribution < 1.29 is 14.6 Å². The number of Topliss-reactive ketones (excluding diaryl/α,β-unsaturated/α-hetero) is 1. The summed E-state index contributed by atoms with van der Waals surface area (Å²) in [6.07, 6.45) is 2.54. The van der Waals surface area contributed by atoms with Crippen LogP contribution in [-0.2, 0) is 4.79 Å². The normalized spacial score (nSPS) is 21.6. The molecule has 0 amide bonds. The number of ketones is 1. The summed E-state index contributed by atoms with van der Waals surface area (Å²) in [4.78, 5) is 13.6. The van der Waals surface area contributed by atoms with Gasteiger partial charge in [0, 0.05) is 23.1 Å². The van der Waals surface area contributed by atoms with Crippen molar-refractivity contribution in [3.8, 4) is 11.5 Å². The molecule has 0 fully saturated rings. The smallest absolute Gasteiger partial charge is 0.172 e. The molecule has 3 aromatic rings. The van der Waals surface area contributed by atoms with Gasteiger partial charge in [-0.3, -0.25) is 4.79 Å². The molecule has 3 N–H and O–H groups in total. The van der Waals surface area contributed by atoms with Crippen molar-refractivity contribution in [2.45, 2.75) is 18.4 Å². The number of nitrogens with one attached hydrogen (secondary N) is 2. The Morgan fingerprint density at radius 3 is 2.52 bits per heavy atom. The first-order valence-electron chi connectivity index (χ1n) is 10.6. The lowest BCUT2D eigenvalue weighted by Crippen LogP contribution is -2.33. The first kappa shape index (κ1) is 21.9. The number of halogens is 2. The van der Waals surface area contributed by atoms with Gasteiger partial charge >= 0.3 is 0 Å². The molecule has 1 aliphatic heterocycles. The monoisotopic (exact) mass is 524 g/mol. The number of carbonyl (C=O) groups is 1. The van der Waals surface area contributed by atoms with Crippen LogP contribution in [0.4, 0.5) is 11.4 Å². The molecular weight excluding hydrogens is 504 g/mol. The second-order valence-electron chi connectivity index (χ2n) is 8.27. The molecule has 0 radical (unpaired) electrons. The maximum Gasteiger partial charge on any atom is 0.172 e. The number of phenolic OH excluding ortho intramolecular Hbond substituents is 1. The number of para-hydroxylation sites is 2. The topological polar surface area (TPSA) is 70.6 Å². The van der Waals surface area contributed by atoms with Crippen molar-refractivity contribution in [3.05, 3.63) is 93.1 Å². The average molecular weight is 526 g/mol. The molecule has 5 rings (SSSR count). The van der Waals surface area contributed by atoms with E-state index >= 15 is 0 Å². The van der Waals surface area contributed by atoms with Crippen LogP contribution in [0.25, 0.3) is 0 Å². The fraction of sp³-hybridized carbons (Fsp3) is 0.192. The Labute approximate surface area is 205 Å². The van der Waals surface area contributed by atoms with E-state index in [1.807, 2.05) is 54.6 Å². The summed E-state index contributed by atoms with van der Waals surface area (Å²) in [6.45, 7) is 0. The number of benzene rings is 3. The molecule has 1 heterocycles. The maximum absolute atomic E-state index is 13.6. The molecule has 0 spiro atoms. The van der Waals surface area contributed by atoms with Gasteiger partial charge in [0.2, 0.25) is 0 Å². The SMILES string of the molecule is COc1cc([C@@H]2Nc3ccccc3NC3=C[C@@H](c4ccc(Cl)cc4)CC(=O)[C@H]32)cc(Br)c1O. The van der Waals surface area contributed by atoms with Gasteiger partial charge < -0.3 is 20.5 Å². The van der Waals surface area contributed by atoms with Crippen LogP contribution in [0.3, 0.4) is 0 Å². The van der Waals surface area contributed by atoms with E-state index in [1.165, 1.54) is 7.11 Å². The lowest BCUT2D eigenvalue weighted by Gasteiger charge is -2.32. The van der Waals surface area contributed by atoms with Crippen LogP contribution in [-0.4, -0.2) is 18.0 Å². The van der Waals surface area contributed by atoms with Gasteiger partial charge in [0.1, 0.15) is 5.78 Å². The molecule has 2 aliphatic rings. The molecule has 7 heteroatoms. The summed E-state index contributed by atoms with van der Waals surface area (Å²) in [7, 11) is 1.51. The molecule has 0 saturated heterocycles. The summed E-state index contributed by atoms with van der Waals surface area (Å²) in [5.41, 5.74) is 4.56. The molecule has 1 aliphatic carbocycles. The molecule has 3 aromatic carbocycles. The lowest BCUT2D eigenvalue weighted by atomic mass is 9.76. The second kappa shape index (κ2) is 8.76. The van der Waals surface area contributed by atoms with E-state index in [0.717, 1.165) is 28.2 Å². The molecule has 0 bridgehead atoms. The number of phenols is 1. The molecular formula is C26H22BrClN2O3. The van der Waals surface area contributed by atoms with Crippen molar-refractivity contribution in [3.63, 3.8) is 0 Å². The fourth-order valence-electron chi connectivity index (χ4n) is 4.63. The number of allylic oxidation sites excluding steroid dienone is 1. The Balaban J connectivity index is 1.64. The van der Waals surface area contributed by atoms with Gasteiger partial charge in [-0.25, -0.2) is 0 Å². The van der Waals surface area contributed by atoms with E-state index in [2.05, 4.69) is 32.6 Å². The van der Waals surface area contributed by atoms with Crippen LogP contribution in [0.15, 0.2) is 76.9 Å². The van der Waals surface area contributed by atoms with Gasteiger partial charge in [0.15, 0.2) is 11.5 Å². The van der Waals surface area contributed by atoms with E-state index < -0.39 is 5.92 Å². The lowest BCUT2D eigenvalue weighted by molar-refractivity contribution is -0.122. The van der Waals surface area contributed by atoms with Crippen molar-refractivity contribution >= 4 is 44.7 Å².